The Morgan fingerprint density at radius 3 is 2.50 bits per heavy atom. The average Bonchev–Trinajstić information content (AvgIpc) is 2.06. The number of rotatable bonds is 0. The zero-order valence-electron chi connectivity index (χ0n) is 6.01. The van der Waals surface area contributed by atoms with E-state index in [1.54, 1.807) is 0 Å². The van der Waals surface area contributed by atoms with Gasteiger partial charge in [-0.3, -0.25) is 5.32 Å². The van der Waals surface area contributed by atoms with Gasteiger partial charge >= 0.3 is 0 Å². The van der Waals surface area contributed by atoms with Crippen molar-refractivity contribution in [3.63, 3.8) is 0 Å². The Bertz CT molecular complexity index is 341. The molecule has 62 valence electrons. The van der Waals surface area contributed by atoms with Crippen LogP contribution in [0.25, 0.3) is 0 Å². The highest BCUT2D eigenvalue weighted by Crippen LogP contribution is 2.42. The zero-order chi connectivity index (χ0) is 8.29. The van der Waals surface area contributed by atoms with Gasteiger partial charge in [0.25, 0.3) is 0 Å². The van der Waals surface area contributed by atoms with E-state index in [2.05, 4.69) is 15.3 Å². The van der Waals surface area contributed by atoms with Gasteiger partial charge < -0.3 is 0 Å². The number of aromatic nitrogens is 2. The molecule has 0 aromatic carbocycles. The van der Waals surface area contributed by atoms with Crippen LogP contribution in [-0.4, -0.2) is 15.5 Å². The van der Waals surface area contributed by atoms with E-state index in [0.717, 1.165) is 17.8 Å². The summed E-state index contributed by atoms with van der Waals surface area (Å²) in [5.41, 5.74) is 3.27. The van der Waals surface area contributed by atoms with Crippen LogP contribution >= 0.6 is 23.2 Å². The van der Waals surface area contributed by atoms with Crippen molar-refractivity contribution in [2.24, 2.45) is 0 Å². The van der Waals surface area contributed by atoms with Gasteiger partial charge in [0.15, 0.2) is 0 Å². The van der Waals surface area contributed by atoms with E-state index in [9.17, 15) is 0 Å². The molecule has 0 saturated carbocycles. The summed E-state index contributed by atoms with van der Waals surface area (Å²) in [5, 5.41) is 3.52. The first-order chi connectivity index (χ1) is 5.75. The van der Waals surface area contributed by atoms with E-state index in [1.807, 2.05) is 0 Å². The molecule has 0 fully saturated rings. The lowest BCUT2D eigenvalue weighted by atomic mass is 9.83. The fourth-order valence-electron chi connectivity index (χ4n) is 1.81. The summed E-state index contributed by atoms with van der Waals surface area (Å²) in [4.78, 5) is 8.24. The standard InChI is InChI=1S/C7H5Cl2N3/c8-3-1-2-4-6(10-3)5(2)12-7(9)11-4/h3,6,10H,1H2. The molecule has 3 heterocycles. The number of nitrogens with zero attached hydrogens (tertiary/aromatic N) is 2. The van der Waals surface area contributed by atoms with Crippen LogP contribution in [0.3, 0.4) is 0 Å². The number of hydrogen-bond donors (Lipinski definition) is 1. The van der Waals surface area contributed by atoms with Crippen molar-refractivity contribution in [2.75, 3.05) is 0 Å². The first-order valence-corrected chi connectivity index (χ1v) is 4.53. The predicted octanol–water partition coefficient (Wildman–Crippen LogP) is 1.24. The van der Waals surface area contributed by atoms with E-state index in [1.165, 1.54) is 5.56 Å². The average molecular weight is 202 g/mol. The number of hydrogen-bond acceptors (Lipinski definition) is 3. The largest absolute Gasteiger partial charge is 0.288 e. The second-order valence-electron chi connectivity index (χ2n) is 3.01. The maximum atomic E-state index is 5.91. The molecule has 5 heteroatoms. The topological polar surface area (TPSA) is 37.8 Å². The molecule has 2 aliphatic heterocycles. The Balaban J connectivity index is 2.15. The maximum Gasteiger partial charge on any atom is 0.222 e. The summed E-state index contributed by atoms with van der Waals surface area (Å²) in [6.07, 6.45) is 0.805. The molecule has 3 nitrogen and oxygen atoms in total. The summed E-state index contributed by atoms with van der Waals surface area (Å²) in [5.74, 6) is 0. The summed E-state index contributed by atoms with van der Waals surface area (Å²) in [7, 11) is 0. The molecule has 1 unspecified atom stereocenters. The van der Waals surface area contributed by atoms with Gasteiger partial charge in [-0.2, -0.15) is 0 Å². The summed E-state index contributed by atoms with van der Waals surface area (Å²) in [6.45, 7) is 0. The van der Waals surface area contributed by atoms with Gasteiger partial charge in [-0.05, 0) is 11.6 Å². The Hall–Kier alpha value is -0.380. The van der Waals surface area contributed by atoms with Gasteiger partial charge in [-0.15, -0.1) is 11.6 Å². The van der Waals surface area contributed by atoms with E-state index in [-0.39, 0.29) is 11.5 Å². The predicted molar refractivity (Wildman–Crippen MR) is 45.4 cm³/mol. The lowest BCUT2D eigenvalue weighted by Crippen LogP contribution is -2.45. The number of halogens is 2. The minimum absolute atomic E-state index is 0.0276. The van der Waals surface area contributed by atoms with Gasteiger partial charge in [0, 0.05) is 12.0 Å². The van der Waals surface area contributed by atoms with Crippen LogP contribution in [0, 0.1) is 0 Å². The molecule has 0 amide bonds. The molecule has 0 spiro atoms. The smallest absolute Gasteiger partial charge is 0.222 e. The third-order valence-electron chi connectivity index (χ3n) is 2.32. The van der Waals surface area contributed by atoms with Crippen LogP contribution in [-0.2, 0) is 6.42 Å². The second kappa shape index (κ2) is 2.10. The van der Waals surface area contributed by atoms with Gasteiger partial charge in [0.05, 0.1) is 22.9 Å². The van der Waals surface area contributed by atoms with Crippen molar-refractivity contribution in [2.45, 2.75) is 18.0 Å². The first kappa shape index (κ1) is 7.06. The van der Waals surface area contributed by atoms with Crippen LogP contribution in [0.2, 0.25) is 5.28 Å². The van der Waals surface area contributed by atoms with E-state index >= 15 is 0 Å². The minimum atomic E-state index is 0.0276. The fraction of sp³-hybridized carbons (Fsp3) is 0.429. The number of alkyl halides is 1. The third-order valence-corrected chi connectivity index (χ3v) is 2.77. The van der Waals surface area contributed by atoms with E-state index in [0.29, 0.717) is 5.28 Å². The lowest BCUT2D eigenvalue weighted by Gasteiger charge is -2.39. The molecule has 3 aliphatic rings. The number of nitrogens with one attached hydrogen (secondary N) is 1. The Kier molecular flexibility index (Phi) is 1.24. The van der Waals surface area contributed by atoms with Crippen molar-refractivity contribution in [1.29, 1.82) is 0 Å². The molecule has 12 heavy (non-hydrogen) atoms. The normalized spacial score (nSPS) is 25.3. The quantitative estimate of drug-likeness (QED) is 0.390. The highest BCUT2D eigenvalue weighted by molar-refractivity contribution is 6.28. The molecule has 4 rings (SSSR count). The van der Waals surface area contributed by atoms with Crippen LogP contribution in [0.1, 0.15) is 23.0 Å². The molecule has 1 N–H and O–H groups in total. The Labute approximate surface area is 79.1 Å². The summed E-state index contributed by atoms with van der Waals surface area (Å²) in [6, 6.07) is 0.152. The first-order valence-electron chi connectivity index (χ1n) is 3.72. The molecule has 1 atom stereocenters. The van der Waals surface area contributed by atoms with E-state index < -0.39 is 0 Å². The molecular weight excluding hydrogens is 197 g/mol. The van der Waals surface area contributed by atoms with Gasteiger partial charge in [0.2, 0.25) is 5.28 Å². The summed E-state index contributed by atoms with van der Waals surface area (Å²) >= 11 is 11.6. The molecular formula is C7H5Cl2N3. The SMILES string of the molecule is Clc1nc2c3c(n1)C2NC(Cl)C3. The van der Waals surface area contributed by atoms with Gasteiger partial charge in [0.1, 0.15) is 0 Å². The Morgan fingerprint density at radius 2 is 2.00 bits per heavy atom. The second-order valence-corrected chi connectivity index (χ2v) is 3.88. The maximum absolute atomic E-state index is 5.91. The van der Waals surface area contributed by atoms with Crippen LogP contribution in [0.4, 0.5) is 0 Å². The molecule has 1 aromatic rings. The van der Waals surface area contributed by atoms with Crippen molar-refractivity contribution < 1.29 is 0 Å². The molecule has 1 aliphatic carbocycles. The van der Waals surface area contributed by atoms with Crippen molar-refractivity contribution >= 4 is 23.2 Å². The van der Waals surface area contributed by atoms with E-state index in [4.69, 9.17) is 23.2 Å². The van der Waals surface area contributed by atoms with Gasteiger partial charge in [-0.25, -0.2) is 9.97 Å². The zero-order valence-corrected chi connectivity index (χ0v) is 7.52. The highest BCUT2D eigenvalue weighted by Gasteiger charge is 2.41. The molecule has 0 radical (unpaired) electrons. The number of fused-ring (bicyclic) bond motifs is 2. The molecule has 1 aromatic heterocycles. The molecule has 0 saturated heterocycles. The van der Waals surface area contributed by atoms with Gasteiger partial charge in [-0.1, -0.05) is 0 Å². The lowest BCUT2D eigenvalue weighted by molar-refractivity contribution is 0.444. The Morgan fingerprint density at radius 1 is 1.33 bits per heavy atom. The van der Waals surface area contributed by atoms with Crippen LogP contribution in [0.15, 0.2) is 0 Å². The summed E-state index contributed by atoms with van der Waals surface area (Å²) < 4.78 is 0. The third kappa shape index (κ3) is 0.715. The van der Waals surface area contributed by atoms with Crippen molar-refractivity contribution in [1.82, 2.24) is 15.3 Å². The van der Waals surface area contributed by atoms with Crippen molar-refractivity contribution in [3.05, 3.63) is 22.2 Å². The van der Waals surface area contributed by atoms with Crippen LogP contribution in [0.5, 0.6) is 0 Å². The van der Waals surface area contributed by atoms with Crippen molar-refractivity contribution in [3.8, 4) is 0 Å². The fourth-order valence-corrected chi connectivity index (χ4v) is 2.27. The minimum Gasteiger partial charge on any atom is -0.288 e. The van der Waals surface area contributed by atoms with Crippen LogP contribution < -0.4 is 5.32 Å². The molecule has 4 bridgehead atoms. The monoisotopic (exact) mass is 201 g/mol. The highest BCUT2D eigenvalue weighted by atomic mass is 35.5.